The van der Waals surface area contributed by atoms with Gasteiger partial charge in [-0.1, -0.05) is 0 Å². The number of nitrogens with zero attached hydrogens (tertiary/aromatic N) is 2. The van der Waals surface area contributed by atoms with E-state index in [1.807, 2.05) is 0 Å². The first-order chi connectivity index (χ1) is 9.08. The molecule has 0 radical (unpaired) electrons. The molecule has 3 rings (SSSR count). The maximum Gasteiger partial charge on any atom is 0.241 e. The molecule has 2 aliphatic carbocycles. The van der Waals surface area contributed by atoms with Crippen molar-refractivity contribution in [2.45, 2.75) is 31.7 Å². The Bertz CT molecular complexity index is 396. The molecule has 0 aromatic rings. The third-order valence-corrected chi connectivity index (χ3v) is 5.25. The van der Waals surface area contributed by atoms with Gasteiger partial charge in [0.15, 0.2) is 0 Å². The molecule has 3 fully saturated rings. The molecule has 0 aromatic carbocycles. The third-order valence-electron chi connectivity index (χ3n) is 5.25. The van der Waals surface area contributed by atoms with Crippen molar-refractivity contribution in [1.29, 1.82) is 0 Å². The Labute approximate surface area is 114 Å². The van der Waals surface area contributed by atoms with Crippen LogP contribution in [0.15, 0.2) is 0 Å². The molecule has 1 heterocycles. The van der Waals surface area contributed by atoms with Gasteiger partial charge in [-0.3, -0.25) is 9.59 Å². The second-order valence-corrected chi connectivity index (χ2v) is 6.36. The van der Waals surface area contributed by atoms with Gasteiger partial charge in [-0.05, 0) is 37.5 Å². The monoisotopic (exact) mass is 265 g/mol. The van der Waals surface area contributed by atoms with Crippen LogP contribution in [0.5, 0.6) is 0 Å². The lowest BCUT2D eigenvalue weighted by molar-refractivity contribution is -0.142. The highest BCUT2D eigenvalue weighted by molar-refractivity contribution is 5.87. The molecule has 3 aliphatic rings. The zero-order valence-electron chi connectivity index (χ0n) is 11.5. The van der Waals surface area contributed by atoms with E-state index < -0.39 is 0 Å². The molecule has 2 amide bonds. The van der Waals surface area contributed by atoms with E-state index >= 15 is 0 Å². The van der Waals surface area contributed by atoms with Crippen molar-refractivity contribution >= 4 is 11.8 Å². The maximum atomic E-state index is 12.7. The predicted molar refractivity (Wildman–Crippen MR) is 71.1 cm³/mol. The van der Waals surface area contributed by atoms with E-state index in [2.05, 4.69) is 0 Å². The highest BCUT2D eigenvalue weighted by Crippen LogP contribution is 2.48. The topological polar surface area (TPSA) is 66.6 Å². The van der Waals surface area contributed by atoms with Crippen LogP contribution in [-0.2, 0) is 9.59 Å². The Balaban J connectivity index is 1.71. The van der Waals surface area contributed by atoms with Crippen LogP contribution in [0.25, 0.3) is 0 Å². The molecule has 4 atom stereocenters. The Kier molecular flexibility index (Phi) is 3.25. The summed E-state index contributed by atoms with van der Waals surface area (Å²) < 4.78 is 0. The number of hydrogen-bond donors (Lipinski definition) is 1. The third kappa shape index (κ3) is 2.14. The zero-order chi connectivity index (χ0) is 13.6. The quantitative estimate of drug-likeness (QED) is 0.728. The standard InChI is InChI=1S/C14H23N3O2/c1-16-5-2-6-17(8-11(16)18)14(19)12-9-3-4-10(7-9)13(12)15/h9-10,12-13H,2-8,15H2,1H3. The molecule has 2 N–H and O–H groups in total. The molecule has 0 spiro atoms. The number of carbonyl (C=O) groups is 2. The zero-order valence-corrected chi connectivity index (χ0v) is 11.5. The summed E-state index contributed by atoms with van der Waals surface area (Å²) in [4.78, 5) is 28.0. The van der Waals surface area contributed by atoms with Gasteiger partial charge in [-0.15, -0.1) is 0 Å². The van der Waals surface area contributed by atoms with Gasteiger partial charge in [-0.25, -0.2) is 0 Å². The summed E-state index contributed by atoms with van der Waals surface area (Å²) in [7, 11) is 1.81. The molecule has 1 aliphatic heterocycles. The maximum absolute atomic E-state index is 12.7. The van der Waals surface area contributed by atoms with Crippen LogP contribution in [0.3, 0.4) is 0 Å². The molecule has 0 aromatic heterocycles. The average molecular weight is 265 g/mol. The summed E-state index contributed by atoms with van der Waals surface area (Å²) in [5.41, 5.74) is 6.23. The molecular weight excluding hydrogens is 242 g/mol. The average Bonchev–Trinajstić information content (AvgIpc) is 2.92. The first-order valence-corrected chi connectivity index (χ1v) is 7.36. The van der Waals surface area contributed by atoms with E-state index in [0.717, 1.165) is 25.8 Å². The van der Waals surface area contributed by atoms with Gasteiger partial charge in [0.2, 0.25) is 11.8 Å². The molecular formula is C14H23N3O2. The number of hydrogen-bond acceptors (Lipinski definition) is 3. The molecule has 19 heavy (non-hydrogen) atoms. The van der Waals surface area contributed by atoms with Gasteiger partial charge in [0.1, 0.15) is 0 Å². The molecule has 2 saturated carbocycles. The number of fused-ring (bicyclic) bond motifs is 2. The summed E-state index contributed by atoms with van der Waals surface area (Å²) in [6.45, 7) is 1.66. The van der Waals surface area contributed by atoms with Crippen LogP contribution in [0.2, 0.25) is 0 Å². The van der Waals surface area contributed by atoms with Gasteiger partial charge in [0, 0.05) is 26.2 Å². The van der Waals surface area contributed by atoms with E-state index in [1.165, 1.54) is 6.42 Å². The SMILES string of the molecule is CN1CCCN(C(=O)C2C3CCC(C3)C2N)CC1=O. The van der Waals surface area contributed by atoms with Crippen molar-refractivity contribution in [3.8, 4) is 0 Å². The van der Waals surface area contributed by atoms with Crippen LogP contribution in [0.4, 0.5) is 0 Å². The van der Waals surface area contributed by atoms with Crippen LogP contribution < -0.4 is 5.73 Å². The summed E-state index contributed by atoms with van der Waals surface area (Å²) in [5.74, 6) is 1.13. The molecule has 2 bridgehead atoms. The Hall–Kier alpha value is -1.10. The van der Waals surface area contributed by atoms with Crippen LogP contribution in [-0.4, -0.2) is 54.3 Å². The van der Waals surface area contributed by atoms with Crippen molar-refractivity contribution in [1.82, 2.24) is 9.80 Å². The van der Waals surface area contributed by atoms with Crippen molar-refractivity contribution in [3.63, 3.8) is 0 Å². The lowest BCUT2D eigenvalue weighted by atomic mass is 9.84. The van der Waals surface area contributed by atoms with E-state index in [9.17, 15) is 9.59 Å². The molecule has 4 unspecified atom stereocenters. The molecule has 5 heteroatoms. The van der Waals surface area contributed by atoms with Crippen molar-refractivity contribution in [2.75, 3.05) is 26.7 Å². The molecule has 5 nitrogen and oxygen atoms in total. The lowest BCUT2D eigenvalue weighted by Gasteiger charge is -2.31. The lowest BCUT2D eigenvalue weighted by Crippen LogP contribution is -2.48. The van der Waals surface area contributed by atoms with Gasteiger partial charge < -0.3 is 15.5 Å². The van der Waals surface area contributed by atoms with Crippen molar-refractivity contribution in [2.24, 2.45) is 23.5 Å². The second kappa shape index (κ2) is 4.78. The molecule has 106 valence electrons. The number of rotatable bonds is 1. The Morgan fingerprint density at radius 3 is 2.68 bits per heavy atom. The second-order valence-electron chi connectivity index (χ2n) is 6.36. The smallest absolute Gasteiger partial charge is 0.241 e. The van der Waals surface area contributed by atoms with Gasteiger partial charge >= 0.3 is 0 Å². The van der Waals surface area contributed by atoms with Crippen molar-refractivity contribution < 1.29 is 9.59 Å². The van der Waals surface area contributed by atoms with Crippen molar-refractivity contribution in [3.05, 3.63) is 0 Å². The highest BCUT2D eigenvalue weighted by Gasteiger charge is 2.50. The summed E-state index contributed by atoms with van der Waals surface area (Å²) in [6, 6.07) is 0.0161. The summed E-state index contributed by atoms with van der Waals surface area (Å²) in [5, 5.41) is 0. The first-order valence-electron chi connectivity index (χ1n) is 7.36. The van der Waals surface area contributed by atoms with Crippen LogP contribution in [0, 0.1) is 17.8 Å². The highest BCUT2D eigenvalue weighted by atomic mass is 16.2. The Morgan fingerprint density at radius 2 is 2.00 bits per heavy atom. The number of likely N-dealkylation sites (N-methyl/N-ethyl adjacent to an activating group) is 1. The minimum atomic E-state index is -0.0324. The molecule has 1 saturated heterocycles. The first kappa shape index (κ1) is 12.9. The fourth-order valence-electron chi connectivity index (χ4n) is 4.09. The van der Waals surface area contributed by atoms with Gasteiger partial charge in [0.25, 0.3) is 0 Å². The van der Waals surface area contributed by atoms with E-state index in [-0.39, 0.29) is 30.3 Å². The number of amides is 2. The van der Waals surface area contributed by atoms with Gasteiger partial charge in [-0.2, -0.15) is 0 Å². The normalized spacial score (nSPS) is 38.7. The predicted octanol–water partition coefficient (Wildman–Crippen LogP) is 0.0505. The van der Waals surface area contributed by atoms with E-state index in [1.54, 1.807) is 16.8 Å². The number of carbonyl (C=O) groups excluding carboxylic acids is 2. The van der Waals surface area contributed by atoms with Gasteiger partial charge in [0.05, 0.1) is 12.5 Å². The summed E-state index contributed by atoms with van der Waals surface area (Å²) in [6.07, 6.45) is 4.29. The fraction of sp³-hybridized carbons (Fsp3) is 0.857. The number of nitrogens with two attached hydrogens (primary N) is 1. The Morgan fingerprint density at radius 1 is 1.26 bits per heavy atom. The van der Waals surface area contributed by atoms with Crippen LogP contribution in [0.1, 0.15) is 25.7 Å². The van der Waals surface area contributed by atoms with E-state index in [0.29, 0.717) is 18.4 Å². The largest absolute Gasteiger partial charge is 0.344 e. The minimum Gasteiger partial charge on any atom is -0.344 e. The summed E-state index contributed by atoms with van der Waals surface area (Å²) >= 11 is 0. The fourth-order valence-corrected chi connectivity index (χ4v) is 4.09. The minimum absolute atomic E-state index is 0.0161. The van der Waals surface area contributed by atoms with Crippen LogP contribution >= 0.6 is 0 Å². The van der Waals surface area contributed by atoms with E-state index in [4.69, 9.17) is 5.73 Å².